The molecule has 0 radical (unpaired) electrons. The van der Waals surface area contributed by atoms with Gasteiger partial charge in [-0.1, -0.05) is 97.5 Å². The van der Waals surface area contributed by atoms with E-state index in [1.54, 1.807) is 11.5 Å². The molecule has 0 saturated heterocycles. The average Bonchev–Trinajstić information content (AvgIpc) is 3.57. The van der Waals surface area contributed by atoms with Gasteiger partial charge < -0.3 is 4.74 Å². The number of nitrogens with zero attached hydrogens (tertiary/aromatic N) is 4. The molecule has 0 amide bonds. The molecule has 0 fully saturated rings. The van der Waals surface area contributed by atoms with Crippen molar-refractivity contribution >= 4 is 23.4 Å². The van der Waals surface area contributed by atoms with Crippen LogP contribution in [0.25, 0.3) is 23.0 Å². The molecule has 5 aromatic rings. The monoisotopic (exact) mass is 588 g/mol. The molecule has 3 heterocycles. The van der Waals surface area contributed by atoms with Gasteiger partial charge in [-0.15, -0.1) is 0 Å². The number of fused-ring (bicyclic) bond motifs is 1. The van der Waals surface area contributed by atoms with Crippen molar-refractivity contribution in [3.05, 3.63) is 138 Å². The third-order valence-electron chi connectivity index (χ3n) is 7.72. The first-order chi connectivity index (χ1) is 20.7. The van der Waals surface area contributed by atoms with Crippen LogP contribution in [0.3, 0.4) is 0 Å². The van der Waals surface area contributed by atoms with Crippen molar-refractivity contribution in [2.75, 3.05) is 7.11 Å². The quantitative estimate of drug-likeness (QED) is 0.239. The number of thiazole rings is 1. The highest BCUT2D eigenvalue weighted by Crippen LogP contribution is 2.31. The number of ether oxygens (including phenoxy) is 1. The highest BCUT2D eigenvalue weighted by Gasteiger charge is 2.33. The number of esters is 1. The molecule has 0 bridgehead atoms. The maximum absolute atomic E-state index is 14.2. The molecule has 8 heteroatoms. The van der Waals surface area contributed by atoms with Gasteiger partial charge >= 0.3 is 5.97 Å². The lowest BCUT2D eigenvalue weighted by molar-refractivity contribution is -0.136. The number of aromatic nitrogens is 3. The standard InChI is InChI=1S/C35H32N4O3S/c1-21(2)24-15-17-26(18-16-24)32-30(34(41)42-5)23(4)36-35-39(32)33(40)29(43-35)19-27-20-38(28-9-7-6-8-10-28)37-31(27)25-13-11-22(3)12-14-25/h6-21,32H,1-5H3. The Kier molecular flexibility index (Phi) is 7.54. The van der Waals surface area contributed by atoms with E-state index in [-0.39, 0.29) is 5.56 Å². The fourth-order valence-electron chi connectivity index (χ4n) is 5.35. The summed E-state index contributed by atoms with van der Waals surface area (Å²) in [6, 6.07) is 25.5. The van der Waals surface area contributed by atoms with Gasteiger partial charge in [0.05, 0.1) is 40.3 Å². The van der Waals surface area contributed by atoms with Gasteiger partial charge in [0.25, 0.3) is 5.56 Å². The second-order valence-electron chi connectivity index (χ2n) is 11.0. The summed E-state index contributed by atoms with van der Waals surface area (Å²) in [6.45, 7) is 8.10. The van der Waals surface area contributed by atoms with Crippen molar-refractivity contribution in [3.8, 4) is 16.9 Å². The topological polar surface area (TPSA) is 78.5 Å². The third-order valence-corrected chi connectivity index (χ3v) is 8.70. The Labute approximate surface area is 253 Å². The number of benzene rings is 3. The zero-order valence-corrected chi connectivity index (χ0v) is 25.6. The number of rotatable bonds is 6. The maximum atomic E-state index is 14.2. The van der Waals surface area contributed by atoms with Crippen LogP contribution in [-0.4, -0.2) is 27.4 Å². The molecule has 1 aliphatic rings. The highest BCUT2D eigenvalue weighted by atomic mass is 32.1. The number of para-hydroxylation sites is 1. The highest BCUT2D eigenvalue weighted by molar-refractivity contribution is 7.07. The summed E-state index contributed by atoms with van der Waals surface area (Å²) in [4.78, 5) is 32.5. The van der Waals surface area contributed by atoms with Crippen LogP contribution in [-0.2, 0) is 9.53 Å². The molecule has 2 aromatic heterocycles. The fraction of sp³-hybridized carbons (Fsp3) is 0.200. The van der Waals surface area contributed by atoms with Gasteiger partial charge in [-0.3, -0.25) is 9.36 Å². The lowest BCUT2D eigenvalue weighted by Crippen LogP contribution is -2.39. The summed E-state index contributed by atoms with van der Waals surface area (Å²) in [5.41, 5.74) is 7.26. The molecule has 1 aliphatic heterocycles. The van der Waals surface area contributed by atoms with Crippen molar-refractivity contribution in [1.29, 1.82) is 0 Å². The SMILES string of the molecule is COC(=O)C1=C(C)N=c2sc(=Cc3cn(-c4ccccc4)nc3-c3ccc(C)cc3)c(=O)n2C1c1ccc(C(C)C)cc1. The zero-order chi connectivity index (χ0) is 30.2. The van der Waals surface area contributed by atoms with Gasteiger partial charge in [0.1, 0.15) is 0 Å². The van der Waals surface area contributed by atoms with Gasteiger partial charge in [0, 0.05) is 17.3 Å². The molecule has 0 spiro atoms. The first-order valence-corrected chi connectivity index (χ1v) is 15.0. The van der Waals surface area contributed by atoms with E-state index in [1.807, 2.05) is 90.6 Å². The summed E-state index contributed by atoms with van der Waals surface area (Å²) < 4.78 is 9.11. The molecule has 0 aliphatic carbocycles. The van der Waals surface area contributed by atoms with Crippen molar-refractivity contribution in [1.82, 2.24) is 14.3 Å². The molecule has 1 atom stereocenters. The summed E-state index contributed by atoms with van der Waals surface area (Å²) in [6.07, 6.45) is 3.82. The Bertz CT molecular complexity index is 2030. The lowest BCUT2D eigenvalue weighted by atomic mass is 9.93. The van der Waals surface area contributed by atoms with Gasteiger partial charge in [-0.25, -0.2) is 14.5 Å². The van der Waals surface area contributed by atoms with Crippen LogP contribution in [0.4, 0.5) is 0 Å². The van der Waals surface area contributed by atoms with Crippen LogP contribution in [0.1, 0.15) is 55.0 Å². The van der Waals surface area contributed by atoms with E-state index >= 15 is 0 Å². The number of hydrogen-bond acceptors (Lipinski definition) is 6. The third kappa shape index (κ3) is 5.30. The van der Waals surface area contributed by atoms with Crippen LogP contribution < -0.4 is 14.9 Å². The van der Waals surface area contributed by atoms with Gasteiger partial charge in [0.2, 0.25) is 0 Å². The molecular weight excluding hydrogens is 556 g/mol. The van der Waals surface area contributed by atoms with E-state index in [9.17, 15) is 9.59 Å². The Hall–Kier alpha value is -4.82. The smallest absolute Gasteiger partial charge is 0.338 e. The Morgan fingerprint density at radius 1 is 0.977 bits per heavy atom. The normalized spacial score (nSPS) is 15.0. The second kappa shape index (κ2) is 11.5. The molecular formula is C35H32N4O3S. The summed E-state index contributed by atoms with van der Waals surface area (Å²) >= 11 is 1.30. The van der Waals surface area contributed by atoms with E-state index < -0.39 is 12.0 Å². The number of hydrogen-bond donors (Lipinski definition) is 0. The van der Waals surface area contributed by atoms with Crippen LogP contribution in [0.2, 0.25) is 0 Å². The summed E-state index contributed by atoms with van der Waals surface area (Å²) in [7, 11) is 1.35. The summed E-state index contributed by atoms with van der Waals surface area (Å²) in [5.74, 6) is -0.146. The largest absolute Gasteiger partial charge is 0.466 e. The average molecular weight is 589 g/mol. The van der Waals surface area contributed by atoms with Crippen molar-refractivity contribution in [3.63, 3.8) is 0 Å². The second-order valence-corrected chi connectivity index (χ2v) is 12.0. The van der Waals surface area contributed by atoms with E-state index in [2.05, 4.69) is 26.0 Å². The molecule has 43 heavy (non-hydrogen) atoms. The van der Waals surface area contributed by atoms with Crippen molar-refractivity contribution in [2.24, 2.45) is 4.99 Å². The Balaban J connectivity index is 1.55. The predicted octanol–water partition coefficient (Wildman–Crippen LogP) is 5.69. The Morgan fingerprint density at radius 2 is 1.67 bits per heavy atom. The minimum Gasteiger partial charge on any atom is -0.466 e. The molecule has 0 N–H and O–H groups in total. The van der Waals surface area contributed by atoms with Gasteiger partial charge in [-0.05, 0) is 49.1 Å². The zero-order valence-electron chi connectivity index (χ0n) is 24.7. The number of methoxy groups -OCH3 is 1. The molecule has 1 unspecified atom stereocenters. The number of aryl methyl sites for hydroxylation is 1. The Morgan fingerprint density at radius 3 is 2.33 bits per heavy atom. The van der Waals surface area contributed by atoms with Gasteiger partial charge in [0.15, 0.2) is 4.80 Å². The van der Waals surface area contributed by atoms with Crippen LogP contribution in [0.5, 0.6) is 0 Å². The number of carbonyl (C=O) groups excluding carboxylic acids is 1. The molecule has 7 nitrogen and oxygen atoms in total. The molecule has 6 rings (SSSR count). The maximum Gasteiger partial charge on any atom is 0.338 e. The van der Waals surface area contributed by atoms with Crippen molar-refractivity contribution < 1.29 is 9.53 Å². The number of carbonyl (C=O) groups is 1. The van der Waals surface area contributed by atoms with Crippen LogP contribution >= 0.6 is 11.3 Å². The van der Waals surface area contributed by atoms with Crippen molar-refractivity contribution in [2.45, 2.75) is 39.7 Å². The van der Waals surface area contributed by atoms with E-state index in [1.165, 1.54) is 24.0 Å². The molecule has 216 valence electrons. The van der Waals surface area contributed by atoms with E-state index in [4.69, 9.17) is 14.8 Å². The summed E-state index contributed by atoms with van der Waals surface area (Å²) in [5, 5.41) is 4.92. The van der Waals surface area contributed by atoms with Crippen LogP contribution in [0.15, 0.2) is 106 Å². The minimum atomic E-state index is -0.657. The predicted molar refractivity (Wildman–Crippen MR) is 170 cm³/mol. The first kappa shape index (κ1) is 28.3. The first-order valence-electron chi connectivity index (χ1n) is 14.2. The minimum absolute atomic E-state index is 0.224. The molecule has 3 aromatic carbocycles. The fourth-order valence-corrected chi connectivity index (χ4v) is 6.39. The number of allylic oxidation sites excluding steroid dienone is 1. The lowest BCUT2D eigenvalue weighted by Gasteiger charge is -2.24. The van der Waals surface area contributed by atoms with E-state index in [0.717, 1.165) is 33.6 Å². The molecule has 0 saturated carbocycles. The van der Waals surface area contributed by atoms with Gasteiger partial charge in [-0.2, -0.15) is 5.10 Å². The van der Waals surface area contributed by atoms with E-state index in [0.29, 0.717) is 26.5 Å². The van der Waals surface area contributed by atoms with Crippen LogP contribution in [0, 0.1) is 6.92 Å².